The Labute approximate surface area is 162 Å². The van der Waals surface area contributed by atoms with Crippen molar-refractivity contribution >= 4 is 27.5 Å². The molecule has 0 atom stereocenters. The maximum atomic E-state index is 3.54. The smallest absolute Gasteiger partial charge is 0.126 e. The molecule has 3 heteroatoms. The molecule has 1 aromatic rings. The van der Waals surface area contributed by atoms with Gasteiger partial charge in [-0.15, -0.1) is 22.4 Å². The van der Waals surface area contributed by atoms with Crippen LogP contribution in [0, 0.1) is 22.9 Å². The molecule has 0 nitrogen and oxygen atoms in total. The van der Waals surface area contributed by atoms with E-state index in [2.05, 4.69) is 75.2 Å². The van der Waals surface area contributed by atoms with Gasteiger partial charge >= 0.3 is 0 Å². The molecule has 0 spiro atoms. The third kappa shape index (κ3) is 10.8. The van der Waals surface area contributed by atoms with Crippen molar-refractivity contribution < 1.29 is 0 Å². The van der Waals surface area contributed by atoms with E-state index >= 15 is 0 Å². The van der Waals surface area contributed by atoms with Gasteiger partial charge in [0.15, 0.2) is 0 Å². The minimum absolute atomic E-state index is 1.16. The van der Waals surface area contributed by atoms with E-state index in [1.165, 1.54) is 53.8 Å². The summed E-state index contributed by atoms with van der Waals surface area (Å²) in [6, 6.07) is 2.32. The molecule has 0 aromatic carbocycles. The molecule has 1 heterocycles. The van der Waals surface area contributed by atoms with Crippen LogP contribution in [-0.4, -0.2) is 16.1 Å². The van der Waals surface area contributed by atoms with Crippen LogP contribution in [0.2, 0.25) is 39.3 Å². The molecule has 0 radical (unpaired) electrons. The average molecular weight is 389 g/mol. The molecule has 0 saturated carbocycles. The molecule has 0 fully saturated rings. The minimum atomic E-state index is -1.34. The molecule has 0 bridgehead atoms. The number of hydrogen-bond acceptors (Lipinski definition) is 1. The first-order valence-corrected chi connectivity index (χ1v) is 17.6. The van der Waals surface area contributed by atoms with Crippen LogP contribution in [0.4, 0.5) is 0 Å². The fourth-order valence-electron chi connectivity index (χ4n) is 2.37. The monoisotopic (exact) mass is 388 g/mol. The average Bonchev–Trinajstić information content (AvgIpc) is 2.88. The number of rotatable bonds is 7. The maximum absolute atomic E-state index is 3.54. The van der Waals surface area contributed by atoms with Crippen LogP contribution in [0.5, 0.6) is 0 Å². The Morgan fingerprint density at radius 1 is 0.800 bits per heavy atom. The SMILES string of the molecule is CCCCCCCCc1cc(C#C[Si](C)(C)C)sc1C#C[Si](C)(C)C. The second-order valence-electron chi connectivity index (χ2n) is 8.98. The maximum Gasteiger partial charge on any atom is 0.129 e. The molecule has 25 heavy (non-hydrogen) atoms. The van der Waals surface area contributed by atoms with E-state index in [4.69, 9.17) is 0 Å². The third-order valence-corrected chi connectivity index (χ3v) is 6.48. The Morgan fingerprint density at radius 3 is 1.96 bits per heavy atom. The molecule has 0 aliphatic heterocycles. The molecule has 1 aromatic heterocycles. The predicted octanol–water partition coefficient (Wildman–Crippen LogP) is 7.11. The van der Waals surface area contributed by atoms with Gasteiger partial charge in [-0.05, 0) is 24.5 Å². The Hall–Kier alpha value is -0.746. The zero-order valence-electron chi connectivity index (χ0n) is 17.4. The van der Waals surface area contributed by atoms with Crippen molar-refractivity contribution in [3.8, 4) is 22.9 Å². The number of hydrogen-bond donors (Lipinski definition) is 0. The van der Waals surface area contributed by atoms with E-state index in [1.807, 2.05) is 11.3 Å². The van der Waals surface area contributed by atoms with Crippen LogP contribution in [0.3, 0.4) is 0 Å². The van der Waals surface area contributed by atoms with Crippen molar-refractivity contribution in [1.82, 2.24) is 0 Å². The lowest BCUT2D eigenvalue weighted by Crippen LogP contribution is -2.16. The Kier molecular flexibility index (Phi) is 9.29. The van der Waals surface area contributed by atoms with Gasteiger partial charge < -0.3 is 0 Å². The summed E-state index contributed by atoms with van der Waals surface area (Å²) in [7, 11) is -2.66. The van der Waals surface area contributed by atoms with Crippen molar-refractivity contribution in [1.29, 1.82) is 0 Å². The van der Waals surface area contributed by atoms with Crippen LogP contribution < -0.4 is 0 Å². The summed E-state index contributed by atoms with van der Waals surface area (Å²) < 4.78 is 0. The first-order chi connectivity index (χ1) is 11.6. The van der Waals surface area contributed by atoms with Crippen molar-refractivity contribution in [2.75, 3.05) is 0 Å². The van der Waals surface area contributed by atoms with Gasteiger partial charge in [0.05, 0.1) is 9.75 Å². The molecule has 0 N–H and O–H groups in total. The molecule has 1 rings (SSSR count). The third-order valence-electron chi connectivity index (χ3n) is 3.72. The second-order valence-corrected chi connectivity index (χ2v) is 19.5. The van der Waals surface area contributed by atoms with Gasteiger partial charge in [0.25, 0.3) is 0 Å². The van der Waals surface area contributed by atoms with Gasteiger partial charge in [-0.3, -0.25) is 0 Å². The van der Waals surface area contributed by atoms with Crippen LogP contribution in [0.1, 0.15) is 60.8 Å². The number of aryl methyl sites for hydroxylation is 1. The first kappa shape index (κ1) is 22.3. The molecule has 0 aliphatic rings. The lowest BCUT2D eigenvalue weighted by molar-refractivity contribution is 0.607. The van der Waals surface area contributed by atoms with E-state index in [-0.39, 0.29) is 0 Å². The van der Waals surface area contributed by atoms with Gasteiger partial charge in [0.2, 0.25) is 0 Å². The van der Waals surface area contributed by atoms with Gasteiger partial charge in [0, 0.05) is 0 Å². The van der Waals surface area contributed by atoms with Crippen LogP contribution in [0.15, 0.2) is 6.07 Å². The highest BCUT2D eigenvalue weighted by Gasteiger charge is 2.11. The van der Waals surface area contributed by atoms with E-state index in [0.717, 1.165) is 6.42 Å². The summed E-state index contributed by atoms with van der Waals surface area (Å²) in [5.74, 6) is 6.94. The molecule has 0 aliphatic carbocycles. The largest absolute Gasteiger partial charge is 0.129 e. The van der Waals surface area contributed by atoms with Crippen LogP contribution in [-0.2, 0) is 6.42 Å². The van der Waals surface area contributed by atoms with Crippen LogP contribution in [0.25, 0.3) is 0 Å². The fraction of sp³-hybridized carbons (Fsp3) is 0.636. The lowest BCUT2D eigenvalue weighted by Gasteiger charge is -2.04. The molecule has 0 unspecified atom stereocenters. The zero-order chi connectivity index (χ0) is 18.9. The topological polar surface area (TPSA) is 0 Å². The highest BCUT2D eigenvalue weighted by atomic mass is 32.1. The van der Waals surface area contributed by atoms with E-state index in [1.54, 1.807) is 0 Å². The minimum Gasteiger partial charge on any atom is -0.126 e. The molecule has 0 amide bonds. The van der Waals surface area contributed by atoms with E-state index in [9.17, 15) is 0 Å². The number of unbranched alkanes of at least 4 members (excludes halogenated alkanes) is 5. The fourth-order valence-corrected chi connectivity index (χ4v) is 4.48. The van der Waals surface area contributed by atoms with Gasteiger partial charge in [0.1, 0.15) is 16.1 Å². The highest BCUT2D eigenvalue weighted by molar-refractivity contribution is 7.13. The molecule has 0 saturated heterocycles. The Bertz CT molecular complexity index is 649. The van der Waals surface area contributed by atoms with Crippen molar-refractivity contribution in [2.45, 2.75) is 91.2 Å². The molecular weight excluding hydrogens is 352 g/mol. The summed E-state index contributed by atoms with van der Waals surface area (Å²) >= 11 is 1.81. The summed E-state index contributed by atoms with van der Waals surface area (Å²) in [5, 5.41) is 0. The lowest BCUT2D eigenvalue weighted by atomic mass is 10.1. The molecular formula is C22H36SSi2. The van der Waals surface area contributed by atoms with Crippen molar-refractivity contribution in [3.63, 3.8) is 0 Å². The van der Waals surface area contributed by atoms with Gasteiger partial charge in [-0.1, -0.05) is 90.2 Å². The summed E-state index contributed by atoms with van der Waals surface area (Å²) in [5.41, 5.74) is 8.48. The van der Waals surface area contributed by atoms with Crippen LogP contribution >= 0.6 is 11.3 Å². The van der Waals surface area contributed by atoms with Gasteiger partial charge in [-0.25, -0.2) is 0 Å². The van der Waals surface area contributed by atoms with Crippen molar-refractivity contribution in [3.05, 3.63) is 21.4 Å². The normalized spacial score (nSPS) is 11.5. The summed E-state index contributed by atoms with van der Waals surface area (Å²) in [4.78, 5) is 2.49. The standard InChI is InChI=1S/C22H36SSi2/c1-8-9-10-11-12-13-14-20-19-21(15-17-24(2,3)4)23-22(20)16-18-25(5,6)7/h19H,8-14H2,1-7H3. The zero-order valence-corrected chi connectivity index (χ0v) is 20.3. The van der Waals surface area contributed by atoms with Gasteiger partial charge in [-0.2, -0.15) is 0 Å². The Balaban J connectivity index is 2.85. The van der Waals surface area contributed by atoms with Crippen molar-refractivity contribution in [2.24, 2.45) is 0 Å². The van der Waals surface area contributed by atoms with E-state index < -0.39 is 16.1 Å². The molecule has 138 valence electrons. The summed E-state index contributed by atoms with van der Waals surface area (Å²) in [6.45, 7) is 16.1. The second kappa shape index (κ2) is 10.4. The predicted molar refractivity (Wildman–Crippen MR) is 122 cm³/mol. The number of thiophene rings is 1. The quantitative estimate of drug-likeness (QED) is 0.265. The Morgan fingerprint density at radius 2 is 1.36 bits per heavy atom. The highest BCUT2D eigenvalue weighted by Crippen LogP contribution is 2.24. The summed E-state index contributed by atoms with van der Waals surface area (Å²) in [6.07, 6.45) is 9.23. The van der Waals surface area contributed by atoms with E-state index in [0.29, 0.717) is 0 Å². The first-order valence-electron chi connectivity index (χ1n) is 9.80.